The Balaban J connectivity index is 2.58. The Morgan fingerprint density at radius 1 is 1.25 bits per heavy atom. The maximum atomic E-state index is 13.0. The summed E-state index contributed by atoms with van der Waals surface area (Å²) in [6.07, 6.45) is 1.61. The Bertz CT molecular complexity index is 544. The number of aromatic nitrogens is 2. The number of aryl methyl sites for hydroxylation is 1. The smallest absolute Gasteiger partial charge is 0.222 e. The predicted molar refractivity (Wildman–Crippen MR) is 62.2 cm³/mol. The molecule has 5 heteroatoms. The largest absolute Gasteiger partial charge is 0.226 e. The summed E-state index contributed by atoms with van der Waals surface area (Å²) in [5.41, 5.74) is 2.22. The van der Waals surface area contributed by atoms with Crippen molar-refractivity contribution in [3.63, 3.8) is 0 Å². The second-order valence-corrected chi connectivity index (χ2v) is 4.04. The zero-order valence-electron chi connectivity index (χ0n) is 8.34. The molecule has 2 nitrogen and oxygen atoms in total. The summed E-state index contributed by atoms with van der Waals surface area (Å²) in [6.45, 7) is 1.85. The Hall–Kier alpha value is -1.19. The summed E-state index contributed by atoms with van der Waals surface area (Å²) in [6, 6.07) is 4.42. The van der Waals surface area contributed by atoms with Crippen molar-refractivity contribution < 1.29 is 4.39 Å². The number of benzene rings is 1. The van der Waals surface area contributed by atoms with Crippen molar-refractivity contribution in [3.8, 4) is 11.3 Å². The highest BCUT2D eigenvalue weighted by Gasteiger charge is 2.08. The number of nitrogens with zero attached hydrogens (tertiary/aromatic N) is 2. The molecule has 82 valence electrons. The van der Waals surface area contributed by atoms with Crippen LogP contribution >= 0.6 is 23.2 Å². The highest BCUT2D eigenvalue weighted by Crippen LogP contribution is 2.26. The lowest BCUT2D eigenvalue weighted by Crippen LogP contribution is -1.92. The van der Waals surface area contributed by atoms with Crippen LogP contribution in [-0.4, -0.2) is 9.97 Å². The molecule has 16 heavy (non-hydrogen) atoms. The minimum absolute atomic E-state index is 0.0617. The maximum absolute atomic E-state index is 13.0. The number of hydrogen-bond acceptors (Lipinski definition) is 2. The molecule has 2 rings (SSSR count). The van der Waals surface area contributed by atoms with Crippen molar-refractivity contribution >= 4 is 23.2 Å². The molecule has 0 unspecified atom stereocenters. The van der Waals surface area contributed by atoms with Gasteiger partial charge in [-0.3, -0.25) is 0 Å². The molecular weight excluding hydrogens is 250 g/mol. The summed E-state index contributed by atoms with van der Waals surface area (Å²) in [7, 11) is 0. The third-order valence-corrected chi connectivity index (χ3v) is 2.61. The highest BCUT2D eigenvalue weighted by atomic mass is 35.5. The molecule has 0 saturated carbocycles. The quantitative estimate of drug-likeness (QED) is 0.724. The number of rotatable bonds is 1. The minimum Gasteiger partial charge on any atom is -0.226 e. The van der Waals surface area contributed by atoms with E-state index in [1.165, 1.54) is 12.1 Å². The molecule has 1 aromatic carbocycles. The molecule has 0 aliphatic heterocycles. The van der Waals surface area contributed by atoms with Crippen molar-refractivity contribution in [2.75, 3.05) is 0 Å². The molecule has 0 bridgehead atoms. The van der Waals surface area contributed by atoms with Crippen LogP contribution in [0.15, 0.2) is 24.4 Å². The molecule has 0 aliphatic rings. The van der Waals surface area contributed by atoms with E-state index in [9.17, 15) is 4.39 Å². The Morgan fingerprint density at radius 2 is 2.00 bits per heavy atom. The van der Waals surface area contributed by atoms with Gasteiger partial charge in [-0.2, -0.15) is 0 Å². The number of halogens is 3. The van der Waals surface area contributed by atoms with Gasteiger partial charge in [-0.15, -0.1) is 0 Å². The van der Waals surface area contributed by atoms with Crippen molar-refractivity contribution in [1.82, 2.24) is 9.97 Å². The first-order valence-electron chi connectivity index (χ1n) is 4.52. The van der Waals surface area contributed by atoms with E-state index in [-0.39, 0.29) is 10.3 Å². The minimum atomic E-state index is -0.455. The molecule has 0 fully saturated rings. The molecule has 0 saturated heterocycles. The van der Waals surface area contributed by atoms with Gasteiger partial charge in [0.2, 0.25) is 5.28 Å². The van der Waals surface area contributed by atoms with E-state index in [1.807, 2.05) is 6.92 Å². The summed E-state index contributed by atoms with van der Waals surface area (Å²) in [5.74, 6) is -0.455. The fourth-order valence-electron chi connectivity index (χ4n) is 1.36. The normalized spacial score (nSPS) is 10.5. The van der Waals surface area contributed by atoms with E-state index >= 15 is 0 Å². The van der Waals surface area contributed by atoms with Gasteiger partial charge in [-0.25, -0.2) is 14.4 Å². The first kappa shape index (κ1) is 11.3. The van der Waals surface area contributed by atoms with E-state index in [0.29, 0.717) is 11.3 Å². The lowest BCUT2D eigenvalue weighted by molar-refractivity contribution is 0.628. The molecule has 0 aliphatic carbocycles. The van der Waals surface area contributed by atoms with Gasteiger partial charge < -0.3 is 0 Å². The summed E-state index contributed by atoms with van der Waals surface area (Å²) in [5, 5.41) is 0.215. The van der Waals surface area contributed by atoms with Gasteiger partial charge in [0.1, 0.15) is 5.82 Å². The summed E-state index contributed by atoms with van der Waals surface area (Å²) < 4.78 is 13.0. The maximum Gasteiger partial charge on any atom is 0.222 e. The van der Waals surface area contributed by atoms with Crippen LogP contribution in [0.25, 0.3) is 11.3 Å². The summed E-state index contributed by atoms with van der Waals surface area (Å²) >= 11 is 11.4. The third-order valence-electron chi connectivity index (χ3n) is 2.14. The lowest BCUT2D eigenvalue weighted by Gasteiger charge is -2.05. The third kappa shape index (κ3) is 2.15. The van der Waals surface area contributed by atoms with E-state index in [2.05, 4.69) is 9.97 Å². The van der Waals surface area contributed by atoms with Gasteiger partial charge in [0.15, 0.2) is 0 Å². The van der Waals surface area contributed by atoms with E-state index in [4.69, 9.17) is 23.2 Å². The van der Waals surface area contributed by atoms with Crippen molar-refractivity contribution in [2.45, 2.75) is 6.92 Å². The van der Waals surface area contributed by atoms with Crippen molar-refractivity contribution in [3.05, 3.63) is 46.1 Å². The molecule has 1 heterocycles. The van der Waals surface area contributed by atoms with Gasteiger partial charge in [0.25, 0.3) is 0 Å². The van der Waals surface area contributed by atoms with E-state index in [0.717, 1.165) is 5.56 Å². The van der Waals surface area contributed by atoms with E-state index < -0.39 is 5.82 Å². The Morgan fingerprint density at radius 3 is 2.69 bits per heavy atom. The lowest BCUT2D eigenvalue weighted by atomic mass is 10.1. The zero-order chi connectivity index (χ0) is 11.7. The second kappa shape index (κ2) is 4.36. The first-order chi connectivity index (χ1) is 7.58. The molecule has 2 aromatic rings. The monoisotopic (exact) mass is 256 g/mol. The van der Waals surface area contributed by atoms with Crippen molar-refractivity contribution in [2.24, 2.45) is 0 Å². The highest BCUT2D eigenvalue weighted by molar-refractivity contribution is 6.31. The summed E-state index contributed by atoms with van der Waals surface area (Å²) in [4.78, 5) is 7.94. The van der Waals surface area contributed by atoms with Gasteiger partial charge in [-0.1, -0.05) is 11.6 Å². The molecule has 0 atom stereocenters. The van der Waals surface area contributed by atoms with Gasteiger partial charge in [0, 0.05) is 11.8 Å². The molecular formula is C11H7Cl2FN2. The average molecular weight is 257 g/mol. The SMILES string of the molecule is Cc1cnc(Cl)nc1-c1ccc(F)c(Cl)c1. The van der Waals surface area contributed by atoms with Crippen LogP contribution in [0, 0.1) is 12.7 Å². The second-order valence-electron chi connectivity index (χ2n) is 3.30. The van der Waals surface area contributed by atoms with Gasteiger partial charge in [-0.05, 0) is 42.3 Å². The molecule has 0 radical (unpaired) electrons. The van der Waals surface area contributed by atoms with E-state index in [1.54, 1.807) is 12.3 Å². The topological polar surface area (TPSA) is 25.8 Å². The van der Waals surface area contributed by atoms with Crippen LogP contribution in [0.2, 0.25) is 10.3 Å². The van der Waals surface area contributed by atoms with Crippen LogP contribution in [0.1, 0.15) is 5.56 Å². The van der Waals surface area contributed by atoms with Crippen LogP contribution in [0.3, 0.4) is 0 Å². The molecule has 1 aromatic heterocycles. The Kier molecular flexibility index (Phi) is 3.08. The fourth-order valence-corrected chi connectivity index (χ4v) is 1.67. The van der Waals surface area contributed by atoms with Crippen LogP contribution < -0.4 is 0 Å². The first-order valence-corrected chi connectivity index (χ1v) is 5.28. The van der Waals surface area contributed by atoms with Gasteiger partial charge in [0.05, 0.1) is 10.7 Å². The van der Waals surface area contributed by atoms with Crippen LogP contribution in [0.5, 0.6) is 0 Å². The molecule has 0 N–H and O–H groups in total. The van der Waals surface area contributed by atoms with Crippen molar-refractivity contribution in [1.29, 1.82) is 0 Å². The standard InChI is InChI=1S/C11H7Cl2FN2/c1-6-5-15-11(13)16-10(6)7-2-3-9(14)8(12)4-7/h2-5H,1H3. The van der Waals surface area contributed by atoms with Crippen LogP contribution in [-0.2, 0) is 0 Å². The molecule has 0 amide bonds. The zero-order valence-corrected chi connectivity index (χ0v) is 9.85. The fraction of sp³-hybridized carbons (Fsp3) is 0.0909. The predicted octanol–water partition coefficient (Wildman–Crippen LogP) is 3.90. The number of hydrogen-bond donors (Lipinski definition) is 0. The van der Waals surface area contributed by atoms with Gasteiger partial charge >= 0.3 is 0 Å². The van der Waals surface area contributed by atoms with Crippen LogP contribution in [0.4, 0.5) is 4.39 Å². The average Bonchev–Trinajstić information content (AvgIpc) is 2.26. The Labute approximate surface area is 102 Å². The molecule has 0 spiro atoms.